The van der Waals surface area contributed by atoms with Gasteiger partial charge in [0.25, 0.3) is 0 Å². The predicted molar refractivity (Wildman–Crippen MR) is 60.0 cm³/mol. The Labute approximate surface area is 94.7 Å². The molecule has 2 N–H and O–H groups in total. The lowest BCUT2D eigenvalue weighted by Gasteiger charge is -2.17. The minimum Gasteiger partial charge on any atom is -0.391 e. The fraction of sp³-hybridized carbons (Fsp3) is 0.583. The number of hydrogen-bond donors (Lipinski definition) is 2. The van der Waals surface area contributed by atoms with Crippen molar-refractivity contribution in [2.75, 3.05) is 6.54 Å². The van der Waals surface area contributed by atoms with Gasteiger partial charge < -0.3 is 10.4 Å². The first-order valence-corrected chi connectivity index (χ1v) is 5.63. The van der Waals surface area contributed by atoms with Crippen molar-refractivity contribution >= 4 is 0 Å². The number of halogens is 1. The predicted octanol–water partition coefficient (Wildman–Crippen LogP) is 0.993. The van der Waals surface area contributed by atoms with Crippen molar-refractivity contribution in [2.45, 2.75) is 38.1 Å². The molecule has 0 aromatic carbocycles. The Balaban J connectivity index is 1.94. The minimum atomic E-state index is -0.829. The summed E-state index contributed by atoms with van der Waals surface area (Å²) in [6.45, 7) is 2.27. The Morgan fingerprint density at radius 1 is 1.62 bits per heavy atom. The fourth-order valence-electron chi connectivity index (χ4n) is 2.08. The van der Waals surface area contributed by atoms with Gasteiger partial charge in [0.1, 0.15) is 6.17 Å². The Morgan fingerprint density at radius 2 is 2.44 bits per heavy atom. The maximum Gasteiger partial charge on any atom is 0.114 e. The smallest absolute Gasteiger partial charge is 0.114 e. The topological polar surface area (TPSA) is 45.1 Å². The van der Waals surface area contributed by atoms with Crippen LogP contribution in [0.15, 0.2) is 18.2 Å². The van der Waals surface area contributed by atoms with Crippen LogP contribution in [0.1, 0.15) is 17.8 Å². The van der Waals surface area contributed by atoms with Gasteiger partial charge in [0, 0.05) is 30.4 Å². The van der Waals surface area contributed by atoms with Gasteiger partial charge in [0.05, 0.1) is 6.10 Å². The highest BCUT2D eigenvalue weighted by atomic mass is 19.1. The molecule has 0 saturated carbocycles. The molecule has 3 nitrogen and oxygen atoms in total. The third kappa shape index (κ3) is 2.77. The molecule has 88 valence electrons. The average molecular weight is 224 g/mol. The van der Waals surface area contributed by atoms with Crippen LogP contribution in [0.3, 0.4) is 0 Å². The zero-order valence-electron chi connectivity index (χ0n) is 9.36. The second-order valence-corrected chi connectivity index (χ2v) is 4.39. The van der Waals surface area contributed by atoms with E-state index in [9.17, 15) is 9.50 Å². The monoisotopic (exact) mass is 224 g/mol. The molecule has 1 aromatic heterocycles. The summed E-state index contributed by atoms with van der Waals surface area (Å²) in [6.07, 6.45) is -0.515. The van der Waals surface area contributed by atoms with Gasteiger partial charge in [-0.1, -0.05) is 6.07 Å². The van der Waals surface area contributed by atoms with Crippen LogP contribution in [0.5, 0.6) is 0 Å². The van der Waals surface area contributed by atoms with E-state index in [2.05, 4.69) is 10.3 Å². The molecule has 4 heteroatoms. The number of aromatic nitrogens is 1. The minimum absolute atomic E-state index is 0.141. The standard InChI is InChI=1S/C12H17FN2O/c1-8-3-2-4-10(15-8)6-12(16)11-5-9(13)7-14-11/h2-4,9,11-12,14,16H,5-7H2,1H3/t9-,11-,12+/m1/s1. The van der Waals surface area contributed by atoms with E-state index >= 15 is 0 Å². The van der Waals surface area contributed by atoms with Crippen molar-refractivity contribution in [2.24, 2.45) is 0 Å². The normalized spacial score (nSPS) is 26.9. The lowest BCUT2D eigenvalue weighted by molar-refractivity contribution is 0.132. The number of hydrogen-bond acceptors (Lipinski definition) is 3. The van der Waals surface area contributed by atoms with Crippen LogP contribution in [0.4, 0.5) is 4.39 Å². The number of pyridine rings is 1. The Morgan fingerprint density at radius 3 is 3.06 bits per heavy atom. The van der Waals surface area contributed by atoms with Gasteiger partial charge in [-0.3, -0.25) is 4.98 Å². The third-order valence-electron chi connectivity index (χ3n) is 2.94. The van der Waals surface area contributed by atoms with E-state index in [1.54, 1.807) is 0 Å². The highest BCUT2D eigenvalue weighted by Gasteiger charge is 2.29. The summed E-state index contributed by atoms with van der Waals surface area (Å²) in [4.78, 5) is 4.32. The molecule has 1 fully saturated rings. The van der Waals surface area contributed by atoms with E-state index in [0.717, 1.165) is 11.4 Å². The van der Waals surface area contributed by atoms with Crippen LogP contribution in [-0.2, 0) is 6.42 Å². The first-order chi connectivity index (χ1) is 7.65. The highest BCUT2D eigenvalue weighted by molar-refractivity contribution is 5.11. The Hall–Kier alpha value is -1.00. The molecule has 1 aliphatic rings. The van der Waals surface area contributed by atoms with E-state index < -0.39 is 12.3 Å². The number of aryl methyl sites for hydroxylation is 1. The zero-order valence-corrected chi connectivity index (χ0v) is 9.36. The van der Waals surface area contributed by atoms with Crippen LogP contribution in [0.2, 0.25) is 0 Å². The van der Waals surface area contributed by atoms with Crippen LogP contribution in [0.25, 0.3) is 0 Å². The van der Waals surface area contributed by atoms with Gasteiger partial charge in [0.15, 0.2) is 0 Å². The van der Waals surface area contributed by atoms with E-state index in [4.69, 9.17) is 0 Å². The average Bonchev–Trinajstić information content (AvgIpc) is 2.65. The summed E-state index contributed by atoms with van der Waals surface area (Å²) < 4.78 is 12.9. The summed E-state index contributed by atoms with van der Waals surface area (Å²) in [6, 6.07) is 5.58. The van der Waals surface area contributed by atoms with Crippen molar-refractivity contribution in [3.8, 4) is 0 Å². The van der Waals surface area contributed by atoms with E-state index in [-0.39, 0.29) is 6.04 Å². The number of nitrogens with zero attached hydrogens (tertiary/aromatic N) is 1. The van der Waals surface area contributed by atoms with E-state index in [1.165, 1.54) is 0 Å². The maximum atomic E-state index is 12.9. The van der Waals surface area contributed by atoms with Gasteiger partial charge in [-0.25, -0.2) is 4.39 Å². The summed E-state index contributed by atoms with van der Waals surface area (Å²) in [5.41, 5.74) is 1.80. The molecule has 0 amide bonds. The summed E-state index contributed by atoms with van der Waals surface area (Å²) >= 11 is 0. The molecule has 0 radical (unpaired) electrons. The second-order valence-electron chi connectivity index (χ2n) is 4.39. The lowest BCUT2D eigenvalue weighted by atomic mass is 10.0. The molecule has 0 aliphatic carbocycles. The van der Waals surface area contributed by atoms with Crippen molar-refractivity contribution in [1.29, 1.82) is 0 Å². The molecule has 0 spiro atoms. The first-order valence-electron chi connectivity index (χ1n) is 5.63. The Kier molecular flexibility index (Phi) is 3.51. The highest BCUT2D eigenvalue weighted by Crippen LogP contribution is 2.15. The van der Waals surface area contributed by atoms with Crippen molar-refractivity contribution in [3.63, 3.8) is 0 Å². The van der Waals surface area contributed by atoms with Crippen molar-refractivity contribution < 1.29 is 9.50 Å². The molecule has 1 aliphatic heterocycles. The molecule has 1 aromatic rings. The molecule has 0 unspecified atom stereocenters. The fourth-order valence-corrected chi connectivity index (χ4v) is 2.08. The second kappa shape index (κ2) is 4.89. The molecular weight excluding hydrogens is 207 g/mol. The van der Waals surface area contributed by atoms with Gasteiger partial charge in [-0.05, 0) is 25.5 Å². The van der Waals surface area contributed by atoms with Crippen LogP contribution < -0.4 is 5.32 Å². The Bertz CT molecular complexity index is 359. The quantitative estimate of drug-likeness (QED) is 0.805. The number of aliphatic hydroxyl groups is 1. The first kappa shape index (κ1) is 11.5. The maximum absolute atomic E-state index is 12.9. The largest absolute Gasteiger partial charge is 0.391 e. The number of aliphatic hydroxyl groups excluding tert-OH is 1. The van der Waals surface area contributed by atoms with Crippen molar-refractivity contribution in [1.82, 2.24) is 10.3 Å². The number of nitrogens with one attached hydrogen (secondary N) is 1. The van der Waals surface area contributed by atoms with Gasteiger partial charge in [0.2, 0.25) is 0 Å². The molecule has 2 heterocycles. The number of rotatable bonds is 3. The van der Waals surface area contributed by atoms with E-state index in [1.807, 2.05) is 25.1 Å². The van der Waals surface area contributed by atoms with Gasteiger partial charge >= 0.3 is 0 Å². The molecule has 2 rings (SSSR count). The summed E-state index contributed by atoms with van der Waals surface area (Å²) in [5.74, 6) is 0. The lowest BCUT2D eigenvalue weighted by Crippen LogP contribution is -2.36. The third-order valence-corrected chi connectivity index (χ3v) is 2.94. The number of alkyl halides is 1. The molecule has 3 atom stereocenters. The molecule has 0 bridgehead atoms. The molecule has 16 heavy (non-hydrogen) atoms. The molecule has 1 saturated heterocycles. The van der Waals surface area contributed by atoms with E-state index in [0.29, 0.717) is 19.4 Å². The SMILES string of the molecule is Cc1cccc(C[C@H](O)[C@H]2C[C@@H](F)CN2)n1. The van der Waals surface area contributed by atoms with Crippen LogP contribution in [-0.4, -0.2) is 35.0 Å². The zero-order chi connectivity index (χ0) is 11.5. The molecular formula is C12H17FN2O. The van der Waals surface area contributed by atoms with Crippen LogP contribution >= 0.6 is 0 Å². The van der Waals surface area contributed by atoms with Crippen LogP contribution in [0, 0.1) is 6.92 Å². The van der Waals surface area contributed by atoms with Gasteiger partial charge in [-0.15, -0.1) is 0 Å². The van der Waals surface area contributed by atoms with Gasteiger partial charge in [-0.2, -0.15) is 0 Å². The summed E-state index contributed by atoms with van der Waals surface area (Å²) in [5, 5.41) is 12.9. The van der Waals surface area contributed by atoms with Crippen molar-refractivity contribution in [3.05, 3.63) is 29.6 Å². The summed E-state index contributed by atoms with van der Waals surface area (Å²) in [7, 11) is 0.